The van der Waals surface area contributed by atoms with E-state index < -0.39 is 10.0 Å². The van der Waals surface area contributed by atoms with E-state index in [4.69, 9.17) is 11.6 Å². The predicted molar refractivity (Wildman–Crippen MR) is 89.9 cm³/mol. The highest BCUT2D eigenvalue weighted by Gasteiger charge is 2.37. The molecule has 3 rings (SSSR count). The zero-order valence-corrected chi connectivity index (χ0v) is 14.9. The van der Waals surface area contributed by atoms with Gasteiger partial charge in [-0.05, 0) is 38.2 Å². The average Bonchev–Trinajstić information content (AvgIpc) is 3.26. The molecule has 0 unspecified atom stereocenters. The van der Waals surface area contributed by atoms with Gasteiger partial charge in [0.1, 0.15) is 10.0 Å². The lowest BCUT2D eigenvalue weighted by atomic mass is 10.0. The lowest BCUT2D eigenvalue weighted by Crippen LogP contribution is -2.30. The monoisotopic (exact) mass is 353 g/mol. The molecule has 1 fully saturated rings. The van der Waals surface area contributed by atoms with Crippen LogP contribution < -0.4 is 4.72 Å². The second-order valence-electron chi connectivity index (χ2n) is 6.18. The van der Waals surface area contributed by atoms with E-state index in [1.165, 1.54) is 4.68 Å². The summed E-state index contributed by atoms with van der Waals surface area (Å²) >= 11 is 6.13. The molecule has 1 saturated carbocycles. The van der Waals surface area contributed by atoms with Crippen LogP contribution >= 0.6 is 11.6 Å². The fraction of sp³-hybridized carbons (Fsp3) is 0.438. The maximum absolute atomic E-state index is 12.8. The summed E-state index contributed by atoms with van der Waals surface area (Å²) in [5, 5.41) is 4.23. The van der Waals surface area contributed by atoms with Crippen LogP contribution in [0.25, 0.3) is 0 Å². The van der Waals surface area contributed by atoms with Gasteiger partial charge in [-0.1, -0.05) is 41.4 Å². The summed E-state index contributed by atoms with van der Waals surface area (Å²) in [5.41, 5.74) is 2.54. The number of aromatic nitrogens is 2. The Balaban J connectivity index is 1.95. The highest BCUT2D eigenvalue weighted by atomic mass is 35.5. The molecule has 124 valence electrons. The van der Waals surface area contributed by atoms with Crippen molar-refractivity contribution in [1.29, 1.82) is 0 Å². The summed E-state index contributed by atoms with van der Waals surface area (Å²) in [7, 11) is -2.10. The van der Waals surface area contributed by atoms with Crippen LogP contribution in [0.15, 0.2) is 29.2 Å². The number of halogens is 1. The third kappa shape index (κ3) is 3.29. The first kappa shape index (κ1) is 16.5. The molecule has 0 spiro atoms. The average molecular weight is 354 g/mol. The normalized spacial score (nSPS) is 16.5. The number of aryl methyl sites for hydroxylation is 3. The Hall–Kier alpha value is -1.37. The Morgan fingerprint density at radius 1 is 1.26 bits per heavy atom. The standard InChI is InChI=1S/C16H20ClN3O2S/c1-10-4-6-12(7-5-10)14(13-8-9-13)19-23(21,22)15-11(2)18-20(3)16(15)17/h4-7,13-14,19H,8-9H2,1-3H3/t14-/m0/s1. The Morgan fingerprint density at radius 2 is 1.87 bits per heavy atom. The van der Waals surface area contributed by atoms with Gasteiger partial charge in [-0.3, -0.25) is 4.68 Å². The minimum absolute atomic E-state index is 0.0689. The van der Waals surface area contributed by atoms with Crippen molar-refractivity contribution >= 4 is 21.6 Å². The van der Waals surface area contributed by atoms with Gasteiger partial charge in [-0.2, -0.15) is 5.10 Å². The number of benzene rings is 1. The number of rotatable bonds is 5. The molecular formula is C16H20ClN3O2S. The van der Waals surface area contributed by atoms with Gasteiger partial charge in [-0.15, -0.1) is 0 Å². The van der Waals surface area contributed by atoms with Crippen molar-refractivity contribution in [2.24, 2.45) is 13.0 Å². The van der Waals surface area contributed by atoms with Crippen LogP contribution in [0.4, 0.5) is 0 Å². The molecule has 0 aliphatic heterocycles. The molecule has 1 aliphatic rings. The van der Waals surface area contributed by atoms with Gasteiger partial charge in [-0.25, -0.2) is 13.1 Å². The number of hydrogen-bond acceptors (Lipinski definition) is 3. The number of nitrogens with zero attached hydrogens (tertiary/aromatic N) is 2. The molecule has 7 heteroatoms. The van der Waals surface area contributed by atoms with Crippen LogP contribution in [-0.2, 0) is 17.1 Å². The molecule has 5 nitrogen and oxygen atoms in total. The molecular weight excluding hydrogens is 334 g/mol. The molecule has 0 saturated heterocycles. The van der Waals surface area contributed by atoms with E-state index >= 15 is 0 Å². The smallest absolute Gasteiger partial charge is 0.246 e. The molecule has 0 amide bonds. The van der Waals surface area contributed by atoms with E-state index in [9.17, 15) is 8.42 Å². The maximum Gasteiger partial charge on any atom is 0.246 e. The second kappa shape index (κ2) is 5.92. The fourth-order valence-electron chi connectivity index (χ4n) is 2.78. The molecule has 23 heavy (non-hydrogen) atoms. The van der Waals surface area contributed by atoms with E-state index in [-0.39, 0.29) is 16.1 Å². The van der Waals surface area contributed by atoms with Crippen molar-refractivity contribution in [1.82, 2.24) is 14.5 Å². The number of hydrogen-bond donors (Lipinski definition) is 1. The Morgan fingerprint density at radius 3 is 2.35 bits per heavy atom. The van der Waals surface area contributed by atoms with Crippen LogP contribution in [0, 0.1) is 19.8 Å². The van der Waals surface area contributed by atoms with Crippen molar-refractivity contribution in [3.63, 3.8) is 0 Å². The second-order valence-corrected chi connectivity index (χ2v) is 8.18. The minimum atomic E-state index is -3.73. The highest BCUT2D eigenvalue weighted by Crippen LogP contribution is 2.42. The summed E-state index contributed by atoms with van der Waals surface area (Å²) in [6, 6.07) is 7.75. The lowest BCUT2D eigenvalue weighted by Gasteiger charge is -2.19. The topological polar surface area (TPSA) is 64.0 Å². The van der Waals surface area contributed by atoms with Crippen LogP contribution in [0.3, 0.4) is 0 Å². The van der Waals surface area contributed by atoms with Crippen molar-refractivity contribution < 1.29 is 8.42 Å². The number of nitrogens with one attached hydrogen (secondary N) is 1. The summed E-state index contributed by atoms with van der Waals surface area (Å²) in [6.07, 6.45) is 2.06. The molecule has 1 aliphatic carbocycles. The third-order valence-corrected chi connectivity index (χ3v) is 6.32. The molecule has 1 heterocycles. The zero-order chi connectivity index (χ0) is 16.8. The Bertz CT molecular complexity index is 824. The Kier molecular flexibility index (Phi) is 4.25. The van der Waals surface area contributed by atoms with E-state index in [0.717, 1.165) is 24.0 Å². The molecule has 1 aromatic carbocycles. The van der Waals surface area contributed by atoms with Crippen LogP contribution in [0.1, 0.15) is 35.7 Å². The summed E-state index contributed by atoms with van der Waals surface area (Å²) in [4.78, 5) is 0.0689. The van der Waals surface area contributed by atoms with Gasteiger partial charge in [0.2, 0.25) is 10.0 Å². The fourth-order valence-corrected chi connectivity index (χ4v) is 4.83. The van der Waals surface area contributed by atoms with E-state index in [1.54, 1.807) is 14.0 Å². The zero-order valence-electron chi connectivity index (χ0n) is 13.4. The largest absolute Gasteiger partial charge is 0.255 e. The van der Waals surface area contributed by atoms with Crippen molar-refractivity contribution in [3.05, 3.63) is 46.2 Å². The van der Waals surface area contributed by atoms with E-state index in [2.05, 4.69) is 9.82 Å². The lowest BCUT2D eigenvalue weighted by molar-refractivity contribution is 0.528. The molecule has 0 bridgehead atoms. The molecule has 0 radical (unpaired) electrons. The van der Waals surface area contributed by atoms with E-state index in [1.807, 2.05) is 31.2 Å². The van der Waals surface area contributed by atoms with Gasteiger partial charge in [0, 0.05) is 13.1 Å². The van der Waals surface area contributed by atoms with Gasteiger partial charge in [0.05, 0.1) is 5.69 Å². The first-order valence-electron chi connectivity index (χ1n) is 7.57. The van der Waals surface area contributed by atoms with Gasteiger partial charge >= 0.3 is 0 Å². The molecule has 1 N–H and O–H groups in total. The first-order chi connectivity index (χ1) is 10.8. The van der Waals surface area contributed by atoms with Crippen LogP contribution in [-0.4, -0.2) is 18.2 Å². The first-order valence-corrected chi connectivity index (χ1v) is 9.43. The van der Waals surface area contributed by atoms with Crippen LogP contribution in [0.2, 0.25) is 5.15 Å². The SMILES string of the molecule is Cc1ccc([C@H](NS(=O)(=O)c2c(C)nn(C)c2Cl)C2CC2)cc1. The summed E-state index contributed by atoms with van der Waals surface area (Å²) < 4.78 is 29.9. The summed E-state index contributed by atoms with van der Waals surface area (Å²) in [6.45, 7) is 3.66. The Labute approximate surface area is 141 Å². The predicted octanol–water partition coefficient (Wildman–Crippen LogP) is 3.12. The highest BCUT2D eigenvalue weighted by molar-refractivity contribution is 7.89. The number of sulfonamides is 1. The van der Waals surface area contributed by atoms with Crippen molar-refractivity contribution in [2.75, 3.05) is 0 Å². The van der Waals surface area contributed by atoms with Gasteiger partial charge in [0.15, 0.2) is 0 Å². The van der Waals surface area contributed by atoms with Crippen LogP contribution in [0.5, 0.6) is 0 Å². The van der Waals surface area contributed by atoms with Crippen molar-refractivity contribution in [2.45, 2.75) is 37.6 Å². The quantitative estimate of drug-likeness (QED) is 0.898. The summed E-state index contributed by atoms with van der Waals surface area (Å²) in [5.74, 6) is 0.336. The molecule has 1 aromatic heterocycles. The molecule has 2 aromatic rings. The minimum Gasteiger partial charge on any atom is -0.255 e. The van der Waals surface area contributed by atoms with Crippen molar-refractivity contribution in [3.8, 4) is 0 Å². The third-order valence-electron chi connectivity index (χ3n) is 4.18. The van der Waals surface area contributed by atoms with Gasteiger partial charge < -0.3 is 0 Å². The van der Waals surface area contributed by atoms with E-state index in [0.29, 0.717) is 11.6 Å². The van der Waals surface area contributed by atoms with Gasteiger partial charge in [0.25, 0.3) is 0 Å². The molecule has 1 atom stereocenters. The maximum atomic E-state index is 12.8.